The van der Waals surface area contributed by atoms with Crippen LogP contribution in [0.1, 0.15) is 31.7 Å². The van der Waals surface area contributed by atoms with Crippen LogP contribution in [0.3, 0.4) is 0 Å². The normalized spacial score (nSPS) is 16.6. The molecule has 146 valence electrons. The second-order valence-corrected chi connectivity index (χ2v) is 7.23. The average Bonchev–Trinajstić information content (AvgIpc) is 3.10. The number of benzene rings is 1. The fourth-order valence-electron chi connectivity index (χ4n) is 3.75. The van der Waals surface area contributed by atoms with Crippen LogP contribution < -0.4 is 10.6 Å². The van der Waals surface area contributed by atoms with Crippen LogP contribution in [0.2, 0.25) is 0 Å². The number of aromatic nitrogens is 1. The smallest absolute Gasteiger partial charge is 0.191 e. The lowest BCUT2D eigenvalue weighted by molar-refractivity contribution is 0.225. The number of para-hydroxylation sites is 1. The lowest BCUT2D eigenvalue weighted by atomic mass is 10.1. The third kappa shape index (κ3) is 5.60. The number of piperidine rings is 1. The molecule has 27 heavy (non-hydrogen) atoms. The molecule has 3 rings (SSSR count). The number of rotatable bonds is 8. The van der Waals surface area contributed by atoms with E-state index in [2.05, 4.69) is 64.5 Å². The van der Waals surface area contributed by atoms with E-state index in [0.29, 0.717) is 6.04 Å². The van der Waals surface area contributed by atoms with Gasteiger partial charge in [0.15, 0.2) is 5.96 Å². The van der Waals surface area contributed by atoms with Gasteiger partial charge in [0, 0.05) is 55.9 Å². The molecular weight excluding hydrogens is 334 g/mol. The molecule has 2 heterocycles. The Balaban J connectivity index is 1.47. The van der Waals surface area contributed by atoms with Gasteiger partial charge in [-0.3, -0.25) is 9.89 Å². The highest BCUT2D eigenvalue weighted by molar-refractivity contribution is 5.83. The summed E-state index contributed by atoms with van der Waals surface area (Å²) in [6.45, 7) is 10.9. The minimum Gasteiger partial charge on any atom is -0.361 e. The SMILES string of the molecule is C=CCN1CCC(NC(=NCCCc2c[nH]c3ccccc23)NCC)CC1. The van der Waals surface area contributed by atoms with Gasteiger partial charge in [0.25, 0.3) is 0 Å². The van der Waals surface area contributed by atoms with Crippen molar-refractivity contribution in [2.75, 3.05) is 32.7 Å². The van der Waals surface area contributed by atoms with E-state index in [-0.39, 0.29) is 0 Å². The number of H-pyrrole nitrogens is 1. The molecule has 3 N–H and O–H groups in total. The quantitative estimate of drug-likeness (QED) is 0.290. The van der Waals surface area contributed by atoms with Gasteiger partial charge in [-0.2, -0.15) is 0 Å². The standard InChI is InChI=1S/C22H33N5/c1-3-14-27-15-11-19(12-16-27)26-22(23-4-2)24-13-7-8-18-17-25-21-10-6-5-9-20(18)21/h3,5-6,9-10,17,19,25H,1,4,7-8,11-16H2,2H3,(H2,23,24,26). The van der Waals surface area contributed by atoms with Crippen LogP contribution in [0.4, 0.5) is 0 Å². The average molecular weight is 368 g/mol. The maximum absolute atomic E-state index is 4.80. The lowest BCUT2D eigenvalue weighted by Gasteiger charge is -2.32. The fourth-order valence-corrected chi connectivity index (χ4v) is 3.75. The molecule has 1 aromatic carbocycles. The Kier molecular flexibility index (Phi) is 7.34. The number of likely N-dealkylation sites (tertiary alicyclic amines) is 1. The summed E-state index contributed by atoms with van der Waals surface area (Å²) in [5, 5.41) is 8.35. The molecule has 0 radical (unpaired) electrons. The third-order valence-corrected chi connectivity index (χ3v) is 5.21. The molecule has 0 saturated carbocycles. The zero-order valence-corrected chi connectivity index (χ0v) is 16.5. The van der Waals surface area contributed by atoms with Crippen molar-refractivity contribution in [1.82, 2.24) is 20.5 Å². The molecule has 1 aliphatic rings. The lowest BCUT2D eigenvalue weighted by Crippen LogP contribution is -2.48. The number of hydrogen-bond donors (Lipinski definition) is 3. The predicted octanol–water partition coefficient (Wildman–Crippen LogP) is 3.31. The van der Waals surface area contributed by atoms with Crippen molar-refractivity contribution in [2.45, 2.75) is 38.6 Å². The number of aliphatic imine (C=N–C) groups is 1. The summed E-state index contributed by atoms with van der Waals surface area (Å²) in [4.78, 5) is 10.6. The number of nitrogens with one attached hydrogen (secondary N) is 3. The van der Waals surface area contributed by atoms with Gasteiger partial charge in [-0.25, -0.2) is 0 Å². The molecule has 2 aromatic rings. The molecule has 1 aromatic heterocycles. The predicted molar refractivity (Wildman–Crippen MR) is 115 cm³/mol. The monoisotopic (exact) mass is 367 g/mol. The van der Waals surface area contributed by atoms with E-state index < -0.39 is 0 Å². The molecule has 5 nitrogen and oxygen atoms in total. The van der Waals surface area contributed by atoms with E-state index in [4.69, 9.17) is 4.99 Å². The molecule has 0 unspecified atom stereocenters. The Bertz CT molecular complexity index is 740. The molecule has 0 atom stereocenters. The van der Waals surface area contributed by atoms with Crippen molar-refractivity contribution in [3.63, 3.8) is 0 Å². The summed E-state index contributed by atoms with van der Waals surface area (Å²) in [5.74, 6) is 0.957. The van der Waals surface area contributed by atoms with Crippen molar-refractivity contribution >= 4 is 16.9 Å². The van der Waals surface area contributed by atoms with Gasteiger partial charge in [0.05, 0.1) is 0 Å². The molecule has 5 heteroatoms. The van der Waals surface area contributed by atoms with Crippen LogP contribution in [0, 0.1) is 0 Å². The zero-order valence-electron chi connectivity index (χ0n) is 16.5. The van der Waals surface area contributed by atoms with Gasteiger partial charge in [0.1, 0.15) is 0 Å². The summed E-state index contributed by atoms with van der Waals surface area (Å²) in [7, 11) is 0. The molecule has 0 amide bonds. The fraction of sp³-hybridized carbons (Fsp3) is 0.500. The highest BCUT2D eigenvalue weighted by atomic mass is 15.2. The molecule has 1 saturated heterocycles. The zero-order chi connectivity index (χ0) is 18.9. The van der Waals surface area contributed by atoms with Gasteiger partial charge in [-0.1, -0.05) is 24.3 Å². The van der Waals surface area contributed by atoms with Crippen LogP contribution in [0.5, 0.6) is 0 Å². The Morgan fingerprint density at radius 3 is 2.93 bits per heavy atom. The minimum absolute atomic E-state index is 0.512. The first-order valence-corrected chi connectivity index (χ1v) is 10.2. The number of nitrogens with zero attached hydrogens (tertiary/aromatic N) is 2. The largest absolute Gasteiger partial charge is 0.361 e. The third-order valence-electron chi connectivity index (χ3n) is 5.21. The van der Waals surface area contributed by atoms with Crippen LogP contribution in [-0.2, 0) is 6.42 Å². The van der Waals surface area contributed by atoms with Crippen molar-refractivity contribution < 1.29 is 0 Å². The first-order valence-electron chi connectivity index (χ1n) is 10.2. The van der Waals surface area contributed by atoms with Crippen LogP contribution >= 0.6 is 0 Å². The second-order valence-electron chi connectivity index (χ2n) is 7.23. The number of fused-ring (bicyclic) bond motifs is 1. The summed E-state index contributed by atoms with van der Waals surface area (Å²) in [5.41, 5.74) is 2.60. The molecular formula is C22H33N5. The van der Waals surface area contributed by atoms with Gasteiger partial charge < -0.3 is 15.6 Å². The Morgan fingerprint density at radius 1 is 1.33 bits per heavy atom. The van der Waals surface area contributed by atoms with E-state index in [1.54, 1.807) is 0 Å². The Morgan fingerprint density at radius 2 is 2.15 bits per heavy atom. The maximum atomic E-state index is 4.80. The van der Waals surface area contributed by atoms with Crippen molar-refractivity contribution in [2.24, 2.45) is 4.99 Å². The topological polar surface area (TPSA) is 55.5 Å². The maximum Gasteiger partial charge on any atom is 0.191 e. The van der Waals surface area contributed by atoms with Crippen molar-refractivity contribution in [1.29, 1.82) is 0 Å². The van der Waals surface area contributed by atoms with Crippen LogP contribution in [0.15, 0.2) is 48.1 Å². The Hall–Kier alpha value is -2.27. The highest BCUT2D eigenvalue weighted by Gasteiger charge is 2.18. The van der Waals surface area contributed by atoms with Crippen LogP contribution in [0.25, 0.3) is 10.9 Å². The van der Waals surface area contributed by atoms with Crippen molar-refractivity contribution in [3.8, 4) is 0 Å². The molecule has 1 fully saturated rings. The number of guanidine groups is 1. The second kappa shape index (κ2) is 10.2. The van der Waals surface area contributed by atoms with E-state index in [0.717, 1.165) is 64.4 Å². The Labute approximate surface area is 162 Å². The highest BCUT2D eigenvalue weighted by Crippen LogP contribution is 2.18. The van der Waals surface area contributed by atoms with E-state index in [9.17, 15) is 0 Å². The summed E-state index contributed by atoms with van der Waals surface area (Å²) in [6.07, 6.45) is 8.55. The first kappa shape index (κ1) is 19.5. The van der Waals surface area contributed by atoms with Gasteiger partial charge in [-0.15, -0.1) is 6.58 Å². The summed E-state index contributed by atoms with van der Waals surface area (Å²) in [6, 6.07) is 9.01. The molecule has 0 spiro atoms. The molecule has 1 aliphatic heterocycles. The molecule has 0 aliphatic carbocycles. The summed E-state index contributed by atoms with van der Waals surface area (Å²) >= 11 is 0. The van der Waals surface area contributed by atoms with Gasteiger partial charge >= 0.3 is 0 Å². The van der Waals surface area contributed by atoms with Crippen molar-refractivity contribution in [3.05, 3.63) is 48.7 Å². The number of aryl methyl sites for hydroxylation is 1. The first-order chi connectivity index (χ1) is 13.3. The number of aromatic amines is 1. The van der Waals surface area contributed by atoms with E-state index in [1.165, 1.54) is 16.5 Å². The van der Waals surface area contributed by atoms with Crippen LogP contribution in [-0.4, -0.2) is 54.6 Å². The van der Waals surface area contributed by atoms with Gasteiger partial charge in [-0.05, 0) is 44.2 Å². The minimum atomic E-state index is 0.512. The van der Waals surface area contributed by atoms with E-state index >= 15 is 0 Å². The number of hydrogen-bond acceptors (Lipinski definition) is 2. The molecule has 0 bridgehead atoms. The van der Waals surface area contributed by atoms with Gasteiger partial charge in [0.2, 0.25) is 0 Å². The van der Waals surface area contributed by atoms with E-state index in [1.807, 2.05) is 6.08 Å². The summed E-state index contributed by atoms with van der Waals surface area (Å²) < 4.78 is 0.